The minimum absolute atomic E-state index is 0. The maximum atomic E-state index is 11.6. The predicted molar refractivity (Wildman–Crippen MR) is 118 cm³/mol. The summed E-state index contributed by atoms with van der Waals surface area (Å²) in [4.78, 5) is 11.6. The van der Waals surface area contributed by atoms with Crippen LogP contribution in [0.25, 0.3) is 5.57 Å². The summed E-state index contributed by atoms with van der Waals surface area (Å²) in [5.41, 5.74) is 10.5. The van der Waals surface area contributed by atoms with Gasteiger partial charge in [0, 0.05) is 5.57 Å². The molecular formula is C22H34BN3O. The Morgan fingerprint density at radius 3 is 2.37 bits per heavy atom. The summed E-state index contributed by atoms with van der Waals surface area (Å²) in [7, 11) is 4.00. The van der Waals surface area contributed by atoms with Crippen LogP contribution in [0.5, 0.6) is 0 Å². The van der Waals surface area contributed by atoms with Gasteiger partial charge in [0.15, 0.2) is 7.98 Å². The zero-order chi connectivity index (χ0) is 19.2. The van der Waals surface area contributed by atoms with E-state index in [4.69, 9.17) is 5.84 Å². The molecule has 4 nitrogen and oxygen atoms in total. The molecule has 0 heterocycles. The van der Waals surface area contributed by atoms with Crippen LogP contribution in [0.4, 0.5) is 0 Å². The summed E-state index contributed by atoms with van der Waals surface area (Å²) in [6.45, 7) is 2.25. The molecule has 1 aromatic rings. The molecule has 27 heavy (non-hydrogen) atoms. The molecule has 1 aromatic carbocycles. The van der Waals surface area contributed by atoms with E-state index in [9.17, 15) is 4.79 Å². The van der Waals surface area contributed by atoms with Gasteiger partial charge in [0.05, 0.1) is 0 Å². The molecule has 5 heteroatoms. The number of benzene rings is 1. The van der Waals surface area contributed by atoms with Crippen molar-refractivity contribution in [2.24, 2.45) is 11.5 Å². The highest BCUT2D eigenvalue weighted by molar-refractivity contribution is 6.02. The second-order valence-corrected chi connectivity index (χ2v) is 6.26. The Bertz CT molecular complexity index is 633. The van der Waals surface area contributed by atoms with Crippen LogP contribution < -0.4 is 16.9 Å². The lowest BCUT2D eigenvalue weighted by molar-refractivity contribution is -0.117. The van der Waals surface area contributed by atoms with Gasteiger partial charge in [-0.3, -0.25) is 10.2 Å². The second-order valence-electron chi connectivity index (χ2n) is 6.26. The third-order valence-corrected chi connectivity index (χ3v) is 4.38. The van der Waals surface area contributed by atoms with Gasteiger partial charge in [-0.2, -0.15) is 0 Å². The zero-order valence-electron chi connectivity index (χ0n) is 15.7. The van der Waals surface area contributed by atoms with Crippen molar-refractivity contribution in [3.8, 4) is 0 Å². The van der Waals surface area contributed by atoms with Crippen molar-refractivity contribution in [2.75, 3.05) is 0 Å². The SMILES string of the molecule is C.CCCCCCCc1ccc(C2=CC=C(C(=O)NN)CC=C2)cc1.[B]N. The summed E-state index contributed by atoms with van der Waals surface area (Å²) >= 11 is 0. The number of amides is 1. The molecule has 0 spiro atoms. The highest BCUT2D eigenvalue weighted by Crippen LogP contribution is 2.21. The Morgan fingerprint density at radius 2 is 1.74 bits per heavy atom. The molecular weight excluding hydrogens is 333 g/mol. The lowest BCUT2D eigenvalue weighted by Crippen LogP contribution is -2.31. The summed E-state index contributed by atoms with van der Waals surface area (Å²) in [5.74, 6) is 4.97. The van der Waals surface area contributed by atoms with Crippen LogP contribution in [0.2, 0.25) is 0 Å². The molecule has 0 bridgehead atoms. The molecule has 0 atom stereocenters. The van der Waals surface area contributed by atoms with Crippen molar-refractivity contribution in [3.63, 3.8) is 0 Å². The van der Waals surface area contributed by atoms with Crippen molar-refractivity contribution in [1.29, 1.82) is 0 Å². The molecule has 0 fully saturated rings. The van der Waals surface area contributed by atoms with Gasteiger partial charge in [-0.15, -0.1) is 0 Å². The van der Waals surface area contributed by atoms with E-state index in [-0.39, 0.29) is 13.3 Å². The maximum Gasteiger partial charge on any atom is 0.261 e. The van der Waals surface area contributed by atoms with E-state index in [2.05, 4.69) is 56.3 Å². The molecule has 1 aliphatic rings. The first kappa shape index (κ1) is 24.9. The minimum atomic E-state index is -0.226. The van der Waals surface area contributed by atoms with Gasteiger partial charge >= 0.3 is 0 Å². The highest BCUT2D eigenvalue weighted by Gasteiger charge is 2.08. The number of hydrogen-bond donors (Lipinski definition) is 3. The Balaban J connectivity index is 0.00000218. The molecule has 146 valence electrons. The van der Waals surface area contributed by atoms with Crippen molar-refractivity contribution >= 4 is 19.5 Å². The van der Waals surface area contributed by atoms with Crippen LogP contribution in [0.1, 0.15) is 64.0 Å². The number of nitrogens with two attached hydrogens (primary N) is 2. The molecule has 0 unspecified atom stereocenters. The maximum absolute atomic E-state index is 11.6. The highest BCUT2D eigenvalue weighted by atomic mass is 16.2. The Hall–Kier alpha value is -2.11. The Labute approximate surface area is 166 Å². The first-order chi connectivity index (χ1) is 12.7. The van der Waals surface area contributed by atoms with Gasteiger partial charge < -0.3 is 5.64 Å². The molecule has 2 radical (unpaired) electrons. The summed E-state index contributed by atoms with van der Waals surface area (Å²) < 4.78 is 0. The molecule has 0 saturated heterocycles. The lowest BCUT2D eigenvalue weighted by atomic mass is 10.0. The fraction of sp³-hybridized carbons (Fsp3) is 0.409. The third-order valence-electron chi connectivity index (χ3n) is 4.38. The standard InChI is InChI=1S/C21H28N2O.CH4.BH2N/c1-2-3-4-5-6-8-17-11-13-19(14-12-17)18-9-7-10-20(16-15-18)21(24)23-22;;1-2/h7,9,11-16H,2-6,8,10,22H2,1H3,(H,23,24);1H4;2H2. The van der Waals surface area contributed by atoms with Crippen molar-refractivity contribution in [2.45, 2.75) is 59.3 Å². The number of rotatable bonds is 8. The third kappa shape index (κ3) is 8.89. The van der Waals surface area contributed by atoms with Crippen LogP contribution in [-0.4, -0.2) is 13.9 Å². The fourth-order valence-electron chi connectivity index (χ4n) is 2.88. The molecule has 0 aromatic heterocycles. The van der Waals surface area contributed by atoms with Gasteiger partial charge in [0.1, 0.15) is 0 Å². The zero-order valence-corrected chi connectivity index (χ0v) is 15.7. The summed E-state index contributed by atoms with van der Waals surface area (Å²) in [6.07, 6.45) is 16.2. The van der Waals surface area contributed by atoms with Crippen LogP contribution in [0.15, 0.2) is 54.1 Å². The second kappa shape index (κ2) is 15.0. The van der Waals surface area contributed by atoms with Gasteiger partial charge in [-0.25, -0.2) is 5.84 Å². The summed E-state index contributed by atoms with van der Waals surface area (Å²) in [6, 6.07) is 8.76. The molecule has 2 rings (SSSR count). The number of carbonyl (C=O) groups is 1. The molecule has 1 aliphatic carbocycles. The first-order valence-corrected chi connectivity index (χ1v) is 9.25. The van der Waals surface area contributed by atoms with Crippen molar-refractivity contribution in [3.05, 3.63) is 65.3 Å². The van der Waals surface area contributed by atoms with Gasteiger partial charge in [0.25, 0.3) is 5.91 Å². The van der Waals surface area contributed by atoms with Gasteiger partial charge in [-0.1, -0.05) is 88.6 Å². The largest absolute Gasteiger partial charge is 0.380 e. The predicted octanol–water partition coefficient (Wildman–Crippen LogP) is 4.12. The van der Waals surface area contributed by atoms with E-state index in [0.717, 1.165) is 12.0 Å². The van der Waals surface area contributed by atoms with Crippen LogP contribution in [0, 0.1) is 0 Å². The van der Waals surface area contributed by atoms with Crippen LogP contribution in [0.3, 0.4) is 0 Å². The number of nitrogens with one attached hydrogen (secondary N) is 1. The minimum Gasteiger partial charge on any atom is -0.380 e. The van der Waals surface area contributed by atoms with E-state index in [1.165, 1.54) is 43.2 Å². The Kier molecular flexibility index (Phi) is 13.8. The van der Waals surface area contributed by atoms with Crippen LogP contribution >= 0.6 is 0 Å². The lowest BCUT2D eigenvalue weighted by Gasteiger charge is -2.05. The smallest absolute Gasteiger partial charge is 0.261 e. The van der Waals surface area contributed by atoms with E-state index in [1.807, 2.05) is 18.2 Å². The monoisotopic (exact) mass is 367 g/mol. The molecule has 5 N–H and O–H groups in total. The first-order valence-electron chi connectivity index (χ1n) is 9.25. The molecule has 1 amide bonds. The average Bonchev–Trinajstić information content (AvgIpc) is 2.95. The molecule has 0 aliphatic heterocycles. The quantitative estimate of drug-likeness (QED) is 0.213. The number of hydrogen-bond acceptors (Lipinski definition) is 3. The average molecular weight is 367 g/mol. The van der Waals surface area contributed by atoms with Crippen LogP contribution in [-0.2, 0) is 11.2 Å². The van der Waals surface area contributed by atoms with Crippen molar-refractivity contribution < 1.29 is 4.79 Å². The van der Waals surface area contributed by atoms with E-state index >= 15 is 0 Å². The van der Waals surface area contributed by atoms with E-state index < -0.39 is 0 Å². The number of hydrazine groups is 1. The van der Waals surface area contributed by atoms with Gasteiger partial charge in [0.2, 0.25) is 0 Å². The number of allylic oxidation sites excluding steroid dienone is 5. The van der Waals surface area contributed by atoms with Crippen molar-refractivity contribution in [1.82, 2.24) is 5.43 Å². The number of aryl methyl sites for hydroxylation is 1. The normalized spacial score (nSPS) is 12.6. The number of unbranched alkanes of at least 4 members (excludes halogenated alkanes) is 4. The molecule has 0 saturated carbocycles. The number of carbonyl (C=O) groups excluding carboxylic acids is 1. The van der Waals surface area contributed by atoms with E-state index in [0.29, 0.717) is 12.0 Å². The topological polar surface area (TPSA) is 81.1 Å². The van der Waals surface area contributed by atoms with E-state index in [1.54, 1.807) is 0 Å². The fourth-order valence-corrected chi connectivity index (χ4v) is 2.88. The summed E-state index contributed by atoms with van der Waals surface area (Å²) in [5, 5.41) is 0. The van der Waals surface area contributed by atoms with Gasteiger partial charge in [-0.05, 0) is 36.0 Å². The Morgan fingerprint density at radius 1 is 1.07 bits per heavy atom.